The summed E-state index contributed by atoms with van der Waals surface area (Å²) in [6, 6.07) is 17.1. The van der Waals surface area contributed by atoms with Gasteiger partial charge in [-0.05, 0) is 68.3 Å². The molecule has 7 heteroatoms. The number of fused-ring (bicyclic) bond motifs is 1. The highest BCUT2D eigenvalue weighted by atomic mass is 79.9. The molecule has 0 spiro atoms. The van der Waals surface area contributed by atoms with Gasteiger partial charge >= 0.3 is 0 Å². The molecule has 164 valence electrons. The Labute approximate surface area is 195 Å². The summed E-state index contributed by atoms with van der Waals surface area (Å²) in [5.74, 6) is 1.10. The highest BCUT2D eigenvalue weighted by Crippen LogP contribution is 2.28. The number of amides is 1. The van der Waals surface area contributed by atoms with E-state index in [2.05, 4.69) is 31.5 Å². The predicted octanol–water partition coefficient (Wildman–Crippen LogP) is 6.36. The lowest BCUT2D eigenvalue weighted by atomic mass is 10.2. The molecule has 0 saturated carbocycles. The van der Waals surface area contributed by atoms with Crippen LogP contribution in [0, 0.1) is 6.92 Å². The van der Waals surface area contributed by atoms with Crippen LogP contribution in [0.15, 0.2) is 69.8 Å². The Morgan fingerprint density at radius 1 is 1.12 bits per heavy atom. The van der Waals surface area contributed by atoms with E-state index in [1.807, 2.05) is 69.3 Å². The van der Waals surface area contributed by atoms with Crippen LogP contribution in [0.25, 0.3) is 11.0 Å². The van der Waals surface area contributed by atoms with Crippen molar-refractivity contribution < 1.29 is 13.9 Å². The number of ether oxygens (including phenoxy) is 1. The number of furan rings is 1. The first-order valence-electron chi connectivity index (χ1n) is 10.3. The first-order chi connectivity index (χ1) is 15.4. The van der Waals surface area contributed by atoms with Crippen LogP contribution in [0.5, 0.6) is 5.75 Å². The Bertz CT molecular complexity index is 1250. The van der Waals surface area contributed by atoms with Crippen molar-refractivity contribution in [1.29, 1.82) is 0 Å². The van der Waals surface area contributed by atoms with Crippen LogP contribution in [0.1, 0.15) is 35.5 Å². The van der Waals surface area contributed by atoms with Gasteiger partial charge in [0.25, 0.3) is 5.91 Å². The van der Waals surface area contributed by atoms with Crippen LogP contribution < -0.4 is 15.4 Å². The molecule has 0 unspecified atom stereocenters. The third-order valence-corrected chi connectivity index (χ3v) is 5.74. The maximum absolute atomic E-state index is 12.8. The van der Waals surface area contributed by atoms with Gasteiger partial charge in [0.05, 0.1) is 17.8 Å². The molecule has 0 saturated heterocycles. The molecule has 6 nitrogen and oxygen atoms in total. The fraction of sp³-hybridized carbons (Fsp3) is 0.200. The van der Waals surface area contributed by atoms with Crippen molar-refractivity contribution in [2.24, 2.45) is 0 Å². The van der Waals surface area contributed by atoms with Crippen LogP contribution in [-0.2, 0) is 6.54 Å². The smallest absolute Gasteiger partial charge is 0.270 e. The van der Waals surface area contributed by atoms with Crippen LogP contribution in [-0.4, -0.2) is 17.0 Å². The molecule has 0 radical (unpaired) electrons. The molecule has 4 rings (SSSR count). The van der Waals surface area contributed by atoms with E-state index < -0.39 is 0 Å². The zero-order valence-electron chi connectivity index (χ0n) is 18.1. The SMILES string of the molecule is Cc1cc(Nc2nc(C(=O)NCc3ccc(OC(C)C)cc3)cc3occc23)ccc1Br. The molecule has 0 fully saturated rings. The van der Waals surface area contributed by atoms with Gasteiger partial charge in [0.15, 0.2) is 0 Å². The van der Waals surface area contributed by atoms with Crippen LogP contribution >= 0.6 is 15.9 Å². The quantitative estimate of drug-likeness (QED) is 0.313. The Balaban J connectivity index is 1.51. The summed E-state index contributed by atoms with van der Waals surface area (Å²) in [6.07, 6.45) is 1.71. The summed E-state index contributed by atoms with van der Waals surface area (Å²) in [7, 11) is 0. The molecule has 2 heterocycles. The summed E-state index contributed by atoms with van der Waals surface area (Å²) in [5, 5.41) is 7.04. The predicted molar refractivity (Wildman–Crippen MR) is 130 cm³/mol. The van der Waals surface area contributed by atoms with E-state index in [1.54, 1.807) is 12.3 Å². The van der Waals surface area contributed by atoms with Crippen LogP contribution in [0.4, 0.5) is 11.5 Å². The fourth-order valence-corrected chi connectivity index (χ4v) is 3.51. The van der Waals surface area contributed by atoms with Crippen molar-refractivity contribution in [3.8, 4) is 5.75 Å². The summed E-state index contributed by atoms with van der Waals surface area (Å²) in [4.78, 5) is 17.4. The van der Waals surface area contributed by atoms with Gasteiger partial charge in [-0.15, -0.1) is 0 Å². The number of aromatic nitrogens is 1. The van der Waals surface area contributed by atoms with Gasteiger partial charge in [0.2, 0.25) is 0 Å². The number of benzene rings is 2. The molecule has 1 amide bonds. The van der Waals surface area contributed by atoms with Gasteiger partial charge in [-0.3, -0.25) is 4.79 Å². The van der Waals surface area contributed by atoms with E-state index in [9.17, 15) is 4.79 Å². The van der Waals surface area contributed by atoms with E-state index in [1.165, 1.54) is 0 Å². The molecular weight excluding hydrogens is 470 g/mol. The number of carbonyl (C=O) groups excluding carboxylic acids is 1. The topological polar surface area (TPSA) is 76.4 Å². The minimum absolute atomic E-state index is 0.118. The third kappa shape index (κ3) is 5.11. The molecule has 0 aliphatic heterocycles. The van der Waals surface area contributed by atoms with Crippen LogP contribution in [0.2, 0.25) is 0 Å². The maximum Gasteiger partial charge on any atom is 0.270 e. The second kappa shape index (κ2) is 9.44. The van der Waals surface area contributed by atoms with Gasteiger partial charge in [-0.1, -0.05) is 28.1 Å². The minimum atomic E-state index is -0.277. The number of hydrogen-bond acceptors (Lipinski definition) is 5. The maximum atomic E-state index is 12.8. The summed E-state index contributed by atoms with van der Waals surface area (Å²) in [6.45, 7) is 6.37. The van der Waals surface area contributed by atoms with Gasteiger partial charge < -0.3 is 19.8 Å². The number of carbonyl (C=O) groups is 1. The van der Waals surface area contributed by atoms with E-state index in [4.69, 9.17) is 9.15 Å². The van der Waals surface area contributed by atoms with Gasteiger partial charge in [0.1, 0.15) is 22.8 Å². The largest absolute Gasteiger partial charge is 0.491 e. The number of anilines is 2. The van der Waals surface area contributed by atoms with Crippen LogP contribution in [0.3, 0.4) is 0 Å². The van der Waals surface area contributed by atoms with E-state index in [0.29, 0.717) is 17.9 Å². The molecule has 0 atom stereocenters. The number of rotatable bonds is 7. The van der Waals surface area contributed by atoms with Crippen molar-refractivity contribution in [2.75, 3.05) is 5.32 Å². The number of nitrogens with zero attached hydrogens (tertiary/aromatic N) is 1. The number of nitrogens with one attached hydrogen (secondary N) is 2. The summed E-state index contributed by atoms with van der Waals surface area (Å²) < 4.78 is 12.2. The second-order valence-corrected chi connectivity index (χ2v) is 8.63. The molecule has 4 aromatic rings. The summed E-state index contributed by atoms with van der Waals surface area (Å²) in [5.41, 5.74) is 3.82. The van der Waals surface area contributed by atoms with Crippen molar-refractivity contribution >= 4 is 44.3 Å². The molecule has 2 aromatic carbocycles. The Hall–Kier alpha value is -3.32. The lowest BCUT2D eigenvalue weighted by molar-refractivity contribution is 0.0946. The molecule has 32 heavy (non-hydrogen) atoms. The zero-order valence-corrected chi connectivity index (χ0v) is 19.7. The lowest BCUT2D eigenvalue weighted by Crippen LogP contribution is -2.24. The van der Waals surface area contributed by atoms with Gasteiger partial charge in [0, 0.05) is 22.8 Å². The monoisotopic (exact) mass is 493 g/mol. The second-order valence-electron chi connectivity index (χ2n) is 7.77. The molecular formula is C25H24BrN3O3. The number of pyridine rings is 1. The number of aryl methyl sites for hydroxylation is 1. The van der Waals surface area contributed by atoms with E-state index >= 15 is 0 Å². The van der Waals surface area contributed by atoms with Gasteiger partial charge in [-0.2, -0.15) is 0 Å². The normalized spacial score (nSPS) is 11.0. The third-order valence-electron chi connectivity index (χ3n) is 4.85. The Kier molecular flexibility index (Phi) is 6.46. The first-order valence-corrected chi connectivity index (χ1v) is 11.1. The molecule has 2 N–H and O–H groups in total. The zero-order chi connectivity index (χ0) is 22.7. The standard InChI is InChI=1S/C25H24BrN3O3/c1-15(2)32-19-7-4-17(5-8-19)14-27-25(30)22-13-23-20(10-11-31-23)24(29-22)28-18-6-9-21(26)16(3)12-18/h4-13,15H,14H2,1-3H3,(H,27,30)(H,28,29). The number of halogens is 1. The van der Waals surface area contributed by atoms with Gasteiger partial charge in [-0.25, -0.2) is 4.98 Å². The summed E-state index contributed by atoms with van der Waals surface area (Å²) >= 11 is 3.51. The van der Waals surface area contributed by atoms with E-state index in [0.717, 1.165) is 32.4 Å². The average molecular weight is 494 g/mol. The lowest BCUT2D eigenvalue weighted by Gasteiger charge is -2.12. The van der Waals surface area contributed by atoms with Crippen molar-refractivity contribution in [1.82, 2.24) is 10.3 Å². The fourth-order valence-electron chi connectivity index (χ4n) is 3.27. The molecule has 2 aromatic heterocycles. The van der Waals surface area contributed by atoms with E-state index in [-0.39, 0.29) is 17.7 Å². The Morgan fingerprint density at radius 2 is 1.91 bits per heavy atom. The van der Waals surface area contributed by atoms with Crippen molar-refractivity contribution in [3.63, 3.8) is 0 Å². The minimum Gasteiger partial charge on any atom is -0.491 e. The highest BCUT2D eigenvalue weighted by Gasteiger charge is 2.15. The molecule has 0 aliphatic rings. The molecule has 0 aliphatic carbocycles. The molecule has 0 bridgehead atoms. The number of hydrogen-bond donors (Lipinski definition) is 2. The Morgan fingerprint density at radius 3 is 2.62 bits per heavy atom. The van der Waals surface area contributed by atoms with Crippen molar-refractivity contribution in [3.05, 3.63) is 82.2 Å². The van der Waals surface area contributed by atoms with Crippen molar-refractivity contribution in [2.45, 2.75) is 33.4 Å². The first kappa shape index (κ1) is 21.9. The average Bonchev–Trinajstić information content (AvgIpc) is 3.24. The highest BCUT2D eigenvalue weighted by molar-refractivity contribution is 9.10.